The Bertz CT molecular complexity index is 1760. The molecule has 0 radical (unpaired) electrons. The van der Waals surface area contributed by atoms with E-state index in [4.69, 9.17) is 0 Å². The molecule has 0 fully saturated rings. The van der Waals surface area contributed by atoms with Crippen LogP contribution in [0.25, 0.3) is 0 Å². The van der Waals surface area contributed by atoms with Crippen LogP contribution in [0, 0.1) is 17.0 Å². The van der Waals surface area contributed by atoms with Gasteiger partial charge in [0.2, 0.25) is 0 Å². The molecule has 5 rings (SSSR count). The van der Waals surface area contributed by atoms with Crippen molar-refractivity contribution in [3.8, 4) is 11.5 Å². The van der Waals surface area contributed by atoms with Crippen molar-refractivity contribution < 1.29 is 15.1 Å². The van der Waals surface area contributed by atoms with Gasteiger partial charge < -0.3 is 10.2 Å². The Balaban J connectivity index is 1.84. The predicted octanol–water partition coefficient (Wildman–Crippen LogP) is 0.468. The number of aryl methyl sites for hydroxylation is 1. The maximum absolute atomic E-state index is 13.3. The zero-order chi connectivity index (χ0) is 27.3. The first-order valence-electron chi connectivity index (χ1n) is 11.4. The highest BCUT2D eigenvalue weighted by molar-refractivity contribution is 5.50. The minimum absolute atomic E-state index is 0.122. The number of phenols is 2. The first kappa shape index (κ1) is 24.5. The van der Waals surface area contributed by atoms with Gasteiger partial charge in [-0.2, -0.15) is 0 Å². The number of aromatic nitrogens is 4. The monoisotopic (exact) mass is 519 g/mol. The summed E-state index contributed by atoms with van der Waals surface area (Å²) in [5, 5.41) is 33.6. The smallest absolute Gasteiger partial charge is 0.331 e. The lowest BCUT2D eigenvalue weighted by Gasteiger charge is -2.17. The van der Waals surface area contributed by atoms with Crippen LogP contribution in [-0.4, -0.2) is 33.4 Å². The van der Waals surface area contributed by atoms with Crippen molar-refractivity contribution in [1.29, 1.82) is 0 Å². The molecule has 2 aromatic heterocycles. The summed E-state index contributed by atoms with van der Waals surface area (Å²) in [5.74, 6) is -0.653. The normalized spacial score (nSPS) is 12.8. The van der Waals surface area contributed by atoms with E-state index in [0.717, 1.165) is 39.0 Å². The van der Waals surface area contributed by atoms with Crippen molar-refractivity contribution in [2.24, 2.45) is 0 Å². The van der Waals surface area contributed by atoms with Crippen molar-refractivity contribution in [2.45, 2.75) is 33.1 Å². The molecule has 0 unspecified atom stereocenters. The molecule has 13 nitrogen and oxygen atoms in total. The zero-order valence-corrected chi connectivity index (χ0v) is 20.0. The highest BCUT2D eigenvalue weighted by Crippen LogP contribution is 2.30. The number of rotatable bonds is 1. The lowest BCUT2D eigenvalue weighted by Crippen LogP contribution is -2.40. The van der Waals surface area contributed by atoms with Crippen molar-refractivity contribution in [2.75, 3.05) is 0 Å². The van der Waals surface area contributed by atoms with Gasteiger partial charge >= 0.3 is 11.4 Å². The Labute approximate surface area is 212 Å². The molecule has 2 aromatic carbocycles. The fraction of sp³-hybridized carbons (Fsp3) is 0.200. The first-order chi connectivity index (χ1) is 18.0. The number of phenolic OH excluding ortho intramolecular Hbond substituents is 2. The number of benzene rings is 2. The summed E-state index contributed by atoms with van der Waals surface area (Å²) in [5.41, 5.74) is -2.22. The maximum atomic E-state index is 13.3. The lowest BCUT2D eigenvalue weighted by atomic mass is 10.0. The maximum Gasteiger partial charge on any atom is 0.331 e. The molecule has 38 heavy (non-hydrogen) atoms. The SMILES string of the molecule is Cc1cc2c(O)c(c1)Cn1ccc(=O)n(c1=O)Cc1cc([N+](=O)[O-])cc(c1O)Cn1c(=O)ccn(c1=O)C2. The van der Waals surface area contributed by atoms with Crippen LogP contribution < -0.4 is 22.5 Å². The lowest BCUT2D eigenvalue weighted by molar-refractivity contribution is -0.385. The molecule has 8 bridgehead atoms. The van der Waals surface area contributed by atoms with E-state index < -0.39 is 51.9 Å². The summed E-state index contributed by atoms with van der Waals surface area (Å²) >= 11 is 0. The molecule has 0 atom stereocenters. The van der Waals surface area contributed by atoms with Crippen LogP contribution in [0.1, 0.15) is 27.8 Å². The average Bonchev–Trinajstić information content (AvgIpc) is 2.86. The summed E-state index contributed by atoms with van der Waals surface area (Å²) < 4.78 is 3.97. The van der Waals surface area contributed by atoms with Gasteiger partial charge in [-0.05, 0) is 6.92 Å². The van der Waals surface area contributed by atoms with Gasteiger partial charge in [0.15, 0.2) is 0 Å². The molecule has 3 heterocycles. The standard InChI is InChI=1S/C25H21N5O8/c1-14-6-15-10-26-4-2-20(31)28(24(26)35)12-17-8-19(30(37)38)9-18(23(17)34)13-29-21(32)3-5-27(25(29)36)11-16(7-14)22(15)33/h2-9,33-34H,10-13H2,1H3. The number of hydrogen-bond acceptors (Lipinski definition) is 8. The fourth-order valence-electron chi connectivity index (χ4n) is 4.62. The summed E-state index contributed by atoms with van der Waals surface area (Å²) in [6.07, 6.45) is 2.54. The van der Waals surface area contributed by atoms with E-state index in [2.05, 4.69) is 0 Å². The predicted molar refractivity (Wildman–Crippen MR) is 134 cm³/mol. The number of hydrogen-bond donors (Lipinski definition) is 2. The number of non-ortho nitro benzene ring substituents is 1. The first-order valence-corrected chi connectivity index (χ1v) is 11.4. The number of aromatic hydroxyl groups is 2. The molecule has 0 saturated carbocycles. The Morgan fingerprint density at radius 3 is 1.50 bits per heavy atom. The van der Waals surface area contributed by atoms with Crippen LogP contribution in [0.3, 0.4) is 0 Å². The van der Waals surface area contributed by atoms with Gasteiger partial charge in [-0.1, -0.05) is 17.7 Å². The number of nitro groups is 1. The molecule has 0 saturated heterocycles. The van der Waals surface area contributed by atoms with Crippen LogP contribution in [0.4, 0.5) is 5.69 Å². The van der Waals surface area contributed by atoms with Gasteiger partial charge in [-0.15, -0.1) is 0 Å². The van der Waals surface area contributed by atoms with E-state index >= 15 is 0 Å². The Morgan fingerprint density at radius 1 is 0.711 bits per heavy atom. The van der Waals surface area contributed by atoms with Crippen LogP contribution in [0.2, 0.25) is 0 Å². The molecule has 4 aromatic rings. The van der Waals surface area contributed by atoms with Crippen LogP contribution in [0.15, 0.2) is 68.0 Å². The quantitative estimate of drug-likeness (QED) is 0.238. The van der Waals surface area contributed by atoms with Crippen molar-refractivity contribution in [3.05, 3.63) is 128 Å². The minimum Gasteiger partial charge on any atom is -0.507 e. The summed E-state index contributed by atoms with van der Waals surface area (Å²) in [4.78, 5) is 62.7. The van der Waals surface area contributed by atoms with Gasteiger partial charge in [0, 0.05) is 58.9 Å². The highest BCUT2D eigenvalue weighted by Gasteiger charge is 2.21. The van der Waals surface area contributed by atoms with Crippen molar-refractivity contribution in [1.82, 2.24) is 18.3 Å². The van der Waals surface area contributed by atoms with E-state index in [1.54, 1.807) is 19.1 Å². The van der Waals surface area contributed by atoms with Gasteiger partial charge in [0.05, 0.1) is 31.1 Å². The molecule has 1 aliphatic heterocycles. The fourth-order valence-corrected chi connectivity index (χ4v) is 4.62. The molecule has 1 aliphatic rings. The third-order valence-electron chi connectivity index (χ3n) is 6.49. The van der Waals surface area contributed by atoms with Crippen LogP contribution in [0.5, 0.6) is 11.5 Å². The Hall–Kier alpha value is -5.20. The summed E-state index contributed by atoms with van der Waals surface area (Å²) in [6.45, 7) is 0.497. The van der Waals surface area contributed by atoms with Crippen molar-refractivity contribution >= 4 is 5.69 Å². The second-order valence-electron chi connectivity index (χ2n) is 9.10. The second kappa shape index (κ2) is 9.03. The van der Waals surface area contributed by atoms with Gasteiger partial charge in [-0.3, -0.25) is 38.0 Å². The van der Waals surface area contributed by atoms with E-state index in [1.807, 2.05) is 0 Å². The van der Waals surface area contributed by atoms with Crippen LogP contribution >= 0.6 is 0 Å². The number of nitrogens with zero attached hydrogens (tertiary/aromatic N) is 5. The average molecular weight is 519 g/mol. The molecular weight excluding hydrogens is 498 g/mol. The van der Waals surface area contributed by atoms with E-state index in [-0.39, 0.29) is 30.0 Å². The second-order valence-corrected chi connectivity index (χ2v) is 9.10. The number of nitro benzene ring substituents is 1. The van der Waals surface area contributed by atoms with Crippen molar-refractivity contribution in [3.63, 3.8) is 0 Å². The Morgan fingerprint density at radius 2 is 1.11 bits per heavy atom. The third-order valence-corrected chi connectivity index (χ3v) is 6.49. The van der Waals surface area contributed by atoms with E-state index in [0.29, 0.717) is 11.1 Å². The molecule has 194 valence electrons. The number of fused-ring (bicyclic) bond motifs is 8. The molecule has 2 N–H and O–H groups in total. The molecular formula is C25H21N5O8. The highest BCUT2D eigenvalue weighted by atomic mass is 16.6. The van der Waals surface area contributed by atoms with E-state index in [1.165, 1.54) is 21.5 Å². The Kier molecular flexibility index (Phi) is 5.82. The molecule has 0 aliphatic carbocycles. The minimum atomic E-state index is -0.767. The molecule has 13 heteroatoms. The largest absolute Gasteiger partial charge is 0.507 e. The van der Waals surface area contributed by atoms with Crippen LogP contribution in [-0.2, 0) is 26.2 Å². The molecule has 0 amide bonds. The summed E-state index contributed by atoms with van der Waals surface area (Å²) in [7, 11) is 0. The topological polar surface area (TPSA) is 172 Å². The third kappa shape index (κ3) is 4.19. The van der Waals surface area contributed by atoms with Gasteiger partial charge in [0.25, 0.3) is 16.8 Å². The zero-order valence-electron chi connectivity index (χ0n) is 20.0. The van der Waals surface area contributed by atoms with E-state index in [9.17, 15) is 39.5 Å². The van der Waals surface area contributed by atoms with Gasteiger partial charge in [0.1, 0.15) is 11.5 Å². The molecule has 0 spiro atoms. The van der Waals surface area contributed by atoms with Gasteiger partial charge in [-0.25, -0.2) is 9.59 Å². The summed E-state index contributed by atoms with van der Waals surface area (Å²) in [6, 6.07) is 7.64.